The van der Waals surface area contributed by atoms with Gasteiger partial charge in [-0.1, -0.05) is 24.3 Å². The monoisotopic (exact) mass is 424 g/mol. The number of carbonyl (C=O) groups excluding carboxylic acids is 3. The Morgan fingerprint density at radius 1 is 1.16 bits per heavy atom. The molecule has 1 atom stereocenters. The van der Waals surface area contributed by atoms with Crippen LogP contribution >= 0.6 is 0 Å². The minimum Gasteiger partial charge on any atom is -0.477 e. The van der Waals surface area contributed by atoms with Crippen molar-refractivity contribution in [2.75, 3.05) is 43.9 Å². The van der Waals surface area contributed by atoms with Crippen molar-refractivity contribution in [1.82, 2.24) is 10.2 Å². The van der Waals surface area contributed by atoms with Gasteiger partial charge in [0.15, 0.2) is 6.10 Å². The number of para-hydroxylation sites is 2. The van der Waals surface area contributed by atoms with E-state index in [2.05, 4.69) is 10.6 Å². The summed E-state index contributed by atoms with van der Waals surface area (Å²) in [6, 6.07) is 13.1. The maximum absolute atomic E-state index is 12.8. The number of benzene rings is 2. The smallest absolute Gasteiger partial charge is 0.262 e. The highest BCUT2D eigenvalue weighted by atomic mass is 16.5. The first-order valence-corrected chi connectivity index (χ1v) is 10.1. The fraction of sp³-hybridized carbons (Fsp3) is 0.348. The highest BCUT2D eigenvalue weighted by Gasteiger charge is 2.31. The van der Waals surface area contributed by atoms with Crippen LogP contribution in [-0.2, 0) is 14.4 Å². The molecule has 0 aromatic heterocycles. The lowest BCUT2D eigenvalue weighted by Crippen LogP contribution is -2.51. The number of anilines is 2. The van der Waals surface area contributed by atoms with Gasteiger partial charge in [0, 0.05) is 19.8 Å². The molecule has 8 heteroatoms. The van der Waals surface area contributed by atoms with Crippen molar-refractivity contribution in [1.29, 1.82) is 0 Å². The third kappa shape index (κ3) is 5.33. The average molecular weight is 425 g/mol. The maximum atomic E-state index is 12.8. The van der Waals surface area contributed by atoms with E-state index in [4.69, 9.17) is 4.74 Å². The standard InChI is InChI=1S/C23H28N4O4/c1-15-9-10-16(2)17(11-15)25-21(28)13-26(4)22(29)14-27-12-20(23(30)24-3)31-19-8-6-5-7-18(19)27/h5-11,20H,12-14H2,1-4H3,(H,24,30)(H,25,28)/t20-/m0/s1. The predicted octanol–water partition coefficient (Wildman–Crippen LogP) is 1.71. The fourth-order valence-corrected chi connectivity index (χ4v) is 3.40. The molecule has 2 aromatic carbocycles. The topological polar surface area (TPSA) is 91.0 Å². The molecule has 8 nitrogen and oxygen atoms in total. The van der Waals surface area contributed by atoms with Crippen molar-refractivity contribution in [3.8, 4) is 5.75 Å². The van der Waals surface area contributed by atoms with Crippen LogP contribution in [0.5, 0.6) is 5.75 Å². The largest absolute Gasteiger partial charge is 0.477 e. The highest BCUT2D eigenvalue weighted by Crippen LogP contribution is 2.33. The van der Waals surface area contributed by atoms with Crippen molar-refractivity contribution in [3.63, 3.8) is 0 Å². The van der Waals surface area contributed by atoms with Crippen molar-refractivity contribution >= 4 is 29.1 Å². The number of amides is 3. The lowest BCUT2D eigenvalue weighted by atomic mass is 10.1. The van der Waals surface area contributed by atoms with Crippen LogP contribution in [0.2, 0.25) is 0 Å². The zero-order chi connectivity index (χ0) is 22.5. The van der Waals surface area contributed by atoms with Crippen molar-refractivity contribution in [2.24, 2.45) is 0 Å². The van der Waals surface area contributed by atoms with E-state index in [-0.39, 0.29) is 37.4 Å². The molecule has 1 heterocycles. The minimum atomic E-state index is -0.717. The summed E-state index contributed by atoms with van der Waals surface area (Å²) >= 11 is 0. The summed E-state index contributed by atoms with van der Waals surface area (Å²) in [5, 5.41) is 5.45. The maximum Gasteiger partial charge on any atom is 0.262 e. The van der Waals surface area contributed by atoms with Crippen molar-refractivity contribution in [2.45, 2.75) is 20.0 Å². The Morgan fingerprint density at radius 3 is 2.65 bits per heavy atom. The third-order valence-electron chi connectivity index (χ3n) is 5.20. The molecule has 2 aromatic rings. The van der Waals surface area contributed by atoms with E-state index in [9.17, 15) is 14.4 Å². The number of rotatable bonds is 6. The summed E-state index contributed by atoms with van der Waals surface area (Å²) in [5.41, 5.74) is 3.48. The van der Waals surface area contributed by atoms with E-state index in [1.165, 1.54) is 4.90 Å². The van der Waals surface area contributed by atoms with Gasteiger partial charge in [-0.25, -0.2) is 0 Å². The van der Waals surface area contributed by atoms with Crippen LogP contribution in [0.4, 0.5) is 11.4 Å². The van der Waals surface area contributed by atoms with Crippen molar-refractivity contribution in [3.05, 3.63) is 53.6 Å². The molecule has 3 rings (SSSR count). The minimum absolute atomic E-state index is 0.0289. The normalized spacial score (nSPS) is 14.8. The SMILES string of the molecule is CNC(=O)[C@@H]1CN(CC(=O)N(C)CC(=O)Nc2cc(C)ccc2C)c2ccccc2O1. The van der Waals surface area contributed by atoms with Gasteiger partial charge in [0.1, 0.15) is 5.75 Å². The number of hydrogen-bond donors (Lipinski definition) is 2. The molecule has 0 bridgehead atoms. The van der Waals surface area contributed by atoms with Gasteiger partial charge in [0.25, 0.3) is 5.91 Å². The van der Waals surface area contributed by atoms with Crippen LogP contribution in [-0.4, -0.2) is 62.5 Å². The Morgan fingerprint density at radius 2 is 1.90 bits per heavy atom. The molecule has 0 radical (unpaired) electrons. The van der Waals surface area contributed by atoms with Crippen LogP contribution in [0.25, 0.3) is 0 Å². The molecule has 0 fully saturated rings. The zero-order valence-electron chi connectivity index (χ0n) is 18.3. The summed E-state index contributed by atoms with van der Waals surface area (Å²) in [7, 11) is 3.14. The van der Waals surface area contributed by atoms with E-state index >= 15 is 0 Å². The van der Waals surface area contributed by atoms with Gasteiger partial charge in [-0.2, -0.15) is 0 Å². The third-order valence-corrected chi connectivity index (χ3v) is 5.20. The van der Waals surface area contributed by atoms with Crippen LogP contribution < -0.4 is 20.3 Å². The lowest BCUT2D eigenvalue weighted by Gasteiger charge is -2.35. The highest BCUT2D eigenvalue weighted by molar-refractivity contribution is 5.96. The molecule has 1 aliphatic heterocycles. The first-order chi connectivity index (χ1) is 14.8. The van der Waals surface area contributed by atoms with E-state index in [0.717, 1.165) is 22.5 Å². The van der Waals surface area contributed by atoms with E-state index in [0.29, 0.717) is 5.75 Å². The Labute approximate surface area is 182 Å². The number of nitrogens with one attached hydrogen (secondary N) is 2. The Balaban J connectivity index is 1.65. The first kappa shape index (κ1) is 22.1. The van der Waals surface area contributed by atoms with Gasteiger partial charge in [0.05, 0.1) is 25.3 Å². The second-order valence-corrected chi connectivity index (χ2v) is 7.69. The summed E-state index contributed by atoms with van der Waals surface area (Å²) in [5.74, 6) is -0.211. The Hall–Kier alpha value is -3.55. The van der Waals surface area contributed by atoms with Crippen LogP contribution in [0, 0.1) is 13.8 Å². The van der Waals surface area contributed by atoms with Crippen LogP contribution in [0.3, 0.4) is 0 Å². The molecule has 1 aliphatic rings. The first-order valence-electron chi connectivity index (χ1n) is 10.1. The number of fused-ring (bicyclic) bond motifs is 1. The molecule has 3 amide bonds. The number of nitrogens with zero attached hydrogens (tertiary/aromatic N) is 2. The van der Waals surface area contributed by atoms with Gasteiger partial charge in [-0.15, -0.1) is 0 Å². The second-order valence-electron chi connectivity index (χ2n) is 7.69. The molecule has 164 valence electrons. The number of hydrogen-bond acceptors (Lipinski definition) is 5. The molecular formula is C23H28N4O4. The summed E-state index contributed by atoms with van der Waals surface area (Å²) < 4.78 is 5.77. The number of likely N-dealkylation sites (N-methyl/N-ethyl adjacent to an activating group) is 2. The summed E-state index contributed by atoms with van der Waals surface area (Å²) in [4.78, 5) is 40.6. The average Bonchev–Trinajstić information content (AvgIpc) is 2.75. The number of carbonyl (C=O) groups is 3. The second kappa shape index (κ2) is 9.51. The quantitative estimate of drug-likeness (QED) is 0.737. The van der Waals surface area contributed by atoms with E-state index in [1.807, 2.05) is 50.2 Å². The summed E-state index contributed by atoms with van der Waals surface area (Å²) in [6.07, 6.45) is -0.717. The zero-order valence-corrected chi connectivity index (χ0v) is 18.3. The number of aryl methyl sites for hydroxylation is 2. The van der Waals surface area contributed by atoms with E-state index in [1.54, 1.807) is 25.1 Å². The Bertz CT molecular complexity index is 991. The Kier molecular flexibility index (Phi) is 6.79. The van der Waals surface area contributed by atoms with Crippen molar-refractivity contribution < 1.29 is 19.1 Å². The molecule has 31 heavy (non-hydrogen) atoms. The van der Waals surface area contributed by atoms with E-state index < -0.39 is 6.10 Å². The molecule has 2 N–H and O–H groups in total. The van der Waals surface area contributed by atoms with Crippen LogP contribution in [0.1, 0.15) is 11.1 Å². The van der Waals surface area contributed by atoms with Gasteiger partial charge in [-0.05, 0) is 43.2 Å². The van der Waals surface area contributed by atoms with Crippen LogP contribution in [0.15, 0.2) is 42.5 Å². The van der Waals surface area contributed by atoms with Gasteiger partial charge in [-0.3, -0.25) is 14.4 Å². The summed E-state index contributed by atoms with van der Waals surface area (Å²) in [6.45, 7) is 4.07. The fourth-order valence-electron chi connectivity index (χ4n) is 3.40. The molecular weight excluding hydrogens is 396 g/mol. The van der Waals surface area contributed by atoms with Gasteiger partial charge >= 0.3 is 0 Å². The van der Waals surface area contributed by atoms with Gasteiger partial charge in [0.2, 0.25) is 11.8 Å². The molecule has 0 unspecified atom stereocenters. The predicted molar refractivity (Wildman–Crippen MR) is 119 cm³/mol. The van der Waals surface area contributed by atoms with Gasteiger partial charge < -0.3 is 25.2 Å². The molecule has 0 spiro atoms. The lowest BCUT2D eigenvalue weighted by molar-refractivity contribution is -0.132. The molecule has 0 aliphatic carbocycles. The number of ether oxygens (including phenoxy) is 1. The molecule has 0 saturated heterocycles. The molecule has 0 saturated carbocycles.